The first-order chi connectivity index (χ1) is 8.30. The fourth-order valence-corrected chi connectivity index (χ4v) is 1.41. The molecule has 0 bridgehead atoms. The summed E-state index contributed by atoms with van der Waals surface area (Å²) in [6.45, 7) is 0. The molecule has 96 valence electrons. The zero-order valence-corrected chi connectivity index (χ0v) is 8.94. The summed E-state index contributed by atoms with van der Waals surface area (Å²) >= 11 is 0. The van der Waals surface area contributed by atoms with E-state index in [1.54, 1.807) is 0 Å². The van der Waals surface area contributed by atoms with Crippen molar-refractivity contribution in [2.45, 2.75) is 6.18 Å². The van der Waals surface area contributed by atoms with E-state index >= 15 is 0 Å². The monoisotopic (exact) mass is 258 g/mol. The SMILES string of the molecule is Nc1ccc(C(F)(F)F)cc1-c1nnc(N)n1N. The number of aromatic nitrogens is 3. The van der Waals surface area contributed by atoms with Crippen molar-refractivity contribution in [3.8, 4) is 11.4 Å². The second kappa shape index (κ2) is 3.79. The van der Waals surface area contributed by atoms with Crippen molar-refractivity contribution in [3.05, 3.63) is 23.8 Å². The predicted octanol–water partition coefficient (Wildman–Crippen LogP) is 0.842. The molecule has 0 saturated heterocycles. The van der Waals surface area contributed by atoms with Crippen molar-refractivity contribution >= 4 is 11.6 Å². The van der Waals surface area contributed by atoms with Gasteiger partial charge in [0.1, 0.15) is 0 Å². The highest BCUT2D eigenvalue weighted by Gasteiger charge is 2.31. The van der Waals surface area contributed by atoms with Crippen LogP contribution in [0.2, 0.25) is 0 Å². The zero-order chi connectivity index (χ0) is 13.5. The molecule has 6 N–H and O–H groups in total. The first-order valence-corrected chi connectivity index (χ1v) is 4.73. The number of benzene rings is 1. The van der Waals surface area contributed by atoms with Crippen LogP contribution in [0.25, 0.3) is 11.4 Å². The van der Waals surface area contributed by atoms with Gasteiger partial charge in [-0.3, -0.25) is 0 Å². The summed E-state index contributed by atoms with van der Waals surface area (Å²) < 4.78 is 38.6. The van der Waals surface area contributed by atoms with E-state index in [1.165, 1.54) is 0 Å². The molecule has 18 heavy (non-hydrogen) atoms. The molecule has 1 aromatic heterocycles. The van der Waals surface area contributed by atoms with E-state index in [0.29, 0.717) is 0 Å². The van der Waals surface area contributed by atoms with Gasteiger partial charge < -0.3 is 17.3 Å². The maximum absolute atomic E-state index is 12.6. The van der Waals surface area contributed by atoms with E-state index in [1.807, 2.05) is 0 Å². The third-order valence-electron chi connectivity index (χ3n) is 2.34. The van der Waals surface area contributed by atoms with Gasteiger partial charge in [-0.1, -0.05) is 0 Å². The molecule has 0 saturated carbocycles. The molecule has 6 nitrogen and oxygen atoms in total. The molecule has 0 aliphatic heterocycles. The van der Waals surface area contributed by atoms with Crippen molar-refractivity contribution in [1.29, 1.82) is 0 Å². The van der Waals surface area contributed by atoms with Crippen LogP contribution in [0.15, 0.2) is 18.2 Å². The summed E-state index contributed by atoms with van der Waals surface area (Å²) in [7, 11) is 0. The topological polar surface area (TPSA) is 109 Å². The number of hydrogen-bond acceptors (Lipinski definition) is 5. The van der Waals surface area contributed by atoms with Crippen LogP contribution in [0, 0.1) is 0 Å². The Morgan fingerprint density at radius 1 is 1.11 bits per heavy atom. The number of nitrogen functional groups attached to an aromatic ring is 3. The molecule has 2 rings (SSSR count). The van der Waals surface area contributed by atoms with E-state index < -0.39 is 11.7 Å². The number of alkyl halides is 3. The molecule has 0 aliphatic carbocycles. The van der Waals surface area contributed by atoms with E-state index in [2.05, 4.69) is 10.2 Å². The molecular formula is C9H9F3N6. The van der Waals surface area contributed by atoms with Crippen LogP contribution in [0.4, 0.5) is 24.8 Å². The lowest BCUT2D eigenvalue weighted by Crippen LogP contribution is -2.14. The Hall–Kier alpha value is -2.45. The van der Waals surface area contributed by atoms with Crippen molar-refractivity contribution in [2.24, 2.45) is 0 Å². The second-order valence-corrected chi connectivity index (χ2v) is 3.55. The van der Waals surface area contributed by atoms with Gasteiger partial charge in [0.05, 0.1) is 5.56 Å². The van der Waals surface area contributed by atoms with Gasteiger partial charge >= 0.3 is 6.18 Å². The first kappa shape index (κ1) is 12.0. The Labute approximate surface area is 99.2 Å². The quantitative estimate of drug-likeness (QED) is 0.518. The average Bonchev–Trinajstić information content (AvgIpc) is 2.59. The van der Waals surface area contributed by atoms with E-state index in [-0.39, 0.29) is 23.0 Å². The van der Waals surface area contributed by atoms with Crippen molar-refractivity contribution < 1.29 is 13.2 Å². The van der Waals surface area contributed by atoms with Gasteiger partial charge in [0, 0.05) is 11.3 Å². The molecular weight excluding hydrogens is 249 g/mol. The smallest absolute Gasteiger partial charge is 0.398 e. The van der Waals surface area contributed by atoms with Gasteiger partial charge in [-0.25, -0.2) is 4.68 Å². The van der Waals surface area contributed by atoms with Gasteiger partial charge in [-0.2, -0.15) is 13.2 Å². The molecule has 0 unspecified atom stereocenters. The minimum absolute atomic E-state index is 0.0246. The lowest BCUT2D eigenvalue weighted by atomic mass is 10.1. The number of hydrogen-bond donors (Lipinski definition) is 3. The summed E-state index contributed by atoms with van der Waals surface area (Å²) in [6.07, 6.45) is -4.48. The van der Waals surface area contributed by atoms with Gasteiger partial charge in [0.2, 0.25) is 5.95 Å². The van der Waals surface area contributed by atoms with Crippen LogP contribution >= 0.6 is 0 Å². The Kier molecular flexibility index (Phi) is 2.53. The summed E-state index contributed by atoms with van der Waals surface area (Å²) in [4.78, 5) is 0. The number of anilines is 2. The molecule has 2 aromatic rings. The molecule has 9 heteroatoms. The highest BCUT2D eigenvalue weighted by Crippen LogP contribution is 2.34. The molecule has 1 aromatic carbocycles. The molecule has 1 heterocycles. The predicted molar refractivity (Wildman–Crippen MR) is 59.4 cm³/mol. The summed E-state index contributed by atoms with van der Waals surface area (Å²) in [6, 6.07) is 2.85. The third-order valence-corrected chi connectivity index (χ3v) is 2.34. The van der Waals surface area contributed by atoms with E-state index in [9.17, 15) is 13.2 Å². The highest BCUT2D eigenvalue weighted by atomic mass is 19.4. The van der Waals surface area contributed by atoms with Crippen molar-refractivity contribution in [2.75, 3.05) is 17.3 Å². The lowest BCUT2D eigenvalue weighted by molar-refractivity contribution is -0.137. The fraction of sp³-hybridized carbons (Fsp3) is 0.111. The molecule has 0 atom stereocenters. The Morgan fingerprint density at radius 2 is 1.78 bits per heavy atom. The number of halogens is 3. The van der Waals surface area contributed by atoms with Crippen LogP contribution < -0.4 is 17.3 Å². The zero-order valence-electron chi connectivity index (χ0n) is 8.94. The number of nitrogens with zero attached hydrogens (tertiary/aromatic N) is 3. The minimum atomic E-state index is -4.48. The summed E-state index contributed by atoms with van der Waals surface area (Å²) in [5.74, 6) is 5.34. The molecule has 0 radical (unpaired) electrons. The second-order valence-electron chi connectivity index (χ2n) is 3.55. The number of rotatable bonds is 1. The van der Waals surface area contributed by atoms with E-state index in [0.717, 1.165) is 22.9 Å². The van der Waals surface area contributed by atoms with Crippen LogP contribution in [0.3, 0.4) is 0 Å². The Balaban J connectivity index is 2.61. The first-order valence-electron chi connectivity index (χ1n) is 4.73. The van der Waals surface area contributed by atoms with Gasteiger partial charge in [0.15, 0.2) is 5.82 Å². The van der Waals surface area contributed by atoms with Gasteiger partial charge in [-0.05, 0) is 18.2 Å². The van der Waals surface area contributed by atoms with Crippen molar-refractivity contribution in [1.82, 2.24) is 14.9 Å². The van der Waals surface area contributed by atoms with Gasteiger partial charge in [0.25, 0.3) is 0 Å². The Bertz CT molecular complexity index is 588. The largest absolute Gasteiger partial charge is 0.416 e. The van der Waals surface area contributed by atoms with Crippen molar-refractivity contribution in [3.63, 3.8) is 0 Å². The number of nitrogens with two attached hydrogens (primary N) is 3. The lowest BCUT2D eigenvalue weighted by Gasteiger charge is -2.10. The molecule has 0 aliphatic rings. The van der Waals surface area contributed by atoms with Crippen LogP contribution in [0.5, 0.6) is 0 Å². The highest BCUT2D eigenvalue weighted by molar-refractivity contribution is 5.73. The molecule has 0 amide bonds. The molecule has 0 spiro atoms. The van der Waals surface area contributed by atoms with Crippen LogP contribution in [-0.2, 0) is 6.18 Å². The maximum Gasteiger partial charge on any atom is 0.416 e. The summed E-state index contributed by atoms with van der Waals surface area (Å²) in [5, 5.41) is 7.04. The molecule has 0 fully saturated rings. The third kappa shape index (κ3) is 1.90. The van der Waals surface area contributed by atoms with Crippen LogP contribution in [0.1, 0.15) is 5.56 Å². The minimum Gasteiger partial charge on any atom is -0.398 e. The average molecular weight is 258 g/mol. The van der Waals surface area contributed by atoms with E-state index in [4.69, 9.17) is 17.3 Å². The maximum atomic E-state index is 12.6. The normalized spacial score (nSPS) is 11.7. The summed E-state index contributed by atoms with van der Waals surface area (Å²) in [5.41, 5.74) is 10.2. The van der Waals surface area contributed by atoms with Crippen LogP contribution in [-0.4, -0.2) is 14.9 Å². The standard InChI is InChI=1S/C9H9F3N6/c10-9(11,12)4-1-2-6(13)5(3-4)7-16-17-8(14)18(7)15/h1-3H,13,15H2,(H2,14,17). The fourth-order valence-electron chi connectivity index (χ4n) is 1.41. The van der Waals surface area contributed by atoms with Gasteiger partial charge in [-0.15, -0.1) is 10.2 Å². The Morgan fingerprint density at radius 3 is 2.28 bits per heavy atom.